The molecule has 470 valence electrons. The minimum atomic E-state index is -0.798. The third kappa shape index (κ3) is 68.0. The number of esters is 3. The molecule has 6 nitrogen and oxygen atoms in total. The Kier molecular flexibility index (Phi) is 65.8. The van der Waals surface area contributed by atoms with Crippen LogP contribution in [0, 0.1) is 0 Å². The van der Waals surface area contributed by atoms with E-state index < -0.39 is 6.10 Å². The van der Waals surface area contributed by atoms with Gasteiger partial charge >= 0.3 is 17.9 Å². The van der Waals surface area contributed by atoms with Crippen molar-refractivity contribution in [1.29, 1.82) is 0 Å². The average molecular weight is 1150 g/mol. The normalized spacial score (nSPS) is 13.0. The highest BCUT2D eigenvalue weighted by Crippen LogP contribution is 2.16. The van der Waals surface area contributed by atoms with Gasteiger partial charge in [-0.25, -0.2) is 0 Å². The highest BCUT2D eigenvalue weighted by atomic mass is 16.6. The summed E-state index contributed by atoms with van der Waals surface area (Å²) in [5.74, 6) is -0.914. The molecule has 0 N–H and O–H groups in total. The summed E-state index contributed by atoms with van der Waals surface area (Å²) in [7, 11) is 0. The Hall–Kier alpha value is -4.71. The first-order valence-corrected chi connectivity index (χ1v) is 34.3. The summed E-state index contributed by atoms with van der Waals surface area (Å²) in [6, 6.07) is 0. The summed E-state index contributed by atoms with van der Waals surface area (Å²) < 4.78 is 17.0. The molecule has 0 saturated heterocycles. The van der Waals surface area contributed by atoms with Crippen molar-refractivity contribution < 1.29 is 28.6 Å². The fraction of sp³-hybridized carbons (Fsp3) is 0.649. The number of carbonyl (C=O) groups is 3. The summed E-state index contributed by atoms with van der Waals surface area (Å²) in [5, 5.41) is 0. The van der Waals surface area contributed by atoms with E-state index in [1.165, 1.54) is 109 Å². The fourth-order valence-electron chi connectivity index (χ4n) is 9.23. The van der Waals surface area contributed by atoms with Crippen LogP contribution in [0.2, 0.25) is 0 Å². The van der Waals surface area contributed by atoms with Gasteiger partial charge in [-0.3, -0.25) is 14.4 Å². The van der Waals surface area contributed by atoms with E-state index in [2.05, 4.69) is 167 Å². The maximum atomic E-state index is 13.0. The first-order valence-electron chi connectivity index (χ1n) is 34.3. The van der Waals surface area contributed by atoms with Crippen molar-refractivity contribution in [3.8, 4) is 0 Å². The van der Waals surface area contributed by atoms with Crippen molar-refractivity contribution >= 4 is 17.9 Å². The molecule has 0 fully saturated rings. The third-order valence-electron chi connectivity index (χ3n) is 14.3. The van der Waals surface area contributed by atoms with Crippen LogP contribution in [0.15, 0.2) is 146 Å². The lowest BCUT2D eigenvalue weighted by Crippen LogP contribution is -2.30. The van der Waals surface area contributed by atoms with Crippen LogP contribution in [0.1, 0.15) is 303 Å². The zero-order valence-electron chi connectivity index (χ0n) is 53.9. The van der Waals surface area contributed by atoms with Crippen LogP contribution in [0.5, 0.6) is 0 Å². The van der Waals surface area contributed by atoms with Gasteiger partial charge in [0, 0.05) is 19.3 Å². The van der Waals surface area contributed by atoms with E-state index in [1.54, 1.807) is 0 Å². The Morgan fingerprint density at radius 2 is 0.470 bits per heavy atom. The number of rotatable bonds is 61. The van der Waals surface area contributed by atoms with E-state index in [-0.39, 0.29) is 31.1 Å². The number of carbonyl (C=O) groups excluding carboxylic acids is 3. The molecule has 83 heavy (non-hydrogen) atoms. The van der Waals surface area contributed by atoms with Crippen LogP contribution in [-0.2, 0) is 28.6 Å². The molecule has 0 aliphatic heterocycles. The van der Waals surface area contributed by atoms with E-state index in [4.69, 9.17) is 14.2 Å². The lowest BCUT2D eigenvalue weighted by atomic mass is 10.0. The highest BCUT2D eigenvalue weighted by molar-refractivity contribution is 5.71. The van der Waals surface area contributed by atoms with Crippen molar-refractivity contribution in [2.45, 2.75) is 309 Å². The molecular weight excluding hydrogens is 1020 g/mol. The van der Waals surface area contributed by atoms with Crippen molar-refractivity contribution in [3.63, 3.8) is 0 Å². The predicted octanol–water partition coefficient (Wildman–Crippen LogP) is 23.9. The molecule has 1 atom stereocenters. The van der Waals surface area contributed by atoms with Gasteiger partial charge in [0.15, 0.2) is 6.10 Å². The van der Waals surface area contributed by atoms with E-state index in [0.29, 0.717) is 19.3 Å². The largest absolute Gasteiger partial charge is 0.462 e. The molecule has 0 rings (SSSR count). The summed E-state index contributed by atoms with van der Waals surface area (Å²) in [6.07, 6.45) is 100.0. The fourth-order valence-corrected chi connectivity index (χ4v) is 9.23. The highest BCUT2D eigenvalue weighted by Gasteiger charge is 2.19. The second kappa shape index (κ2) is 69.8. The molecule has 0 heterocycles. The molecule has 0 aliphatic rings. The van der Waals surface area contributed by atoms with Crippen LogP contribution < -0.4 is 0 Å². The van der Waals surface area contributed by atoms with Gasteiger partial charge in [-0.2, -0.15) is 0 Å². The second-order valence-electron chi connectivity index (χ2n) is 22.3. The van der Waals surface area contributed by atoms with Gasteiger partial charge in [0.1, 0.15) is 13.2 Å². The first kappa shape index (κ1) is 78.3. The topological polar surface area (TPSA) is 78.9 Å². The quantitative estimate of drug-likeness (QED) is 0.0261. The van der Waals surface area contributed by atoms with E-state index in [0.717, 1.165) is 154 Å². The van der Waals surface area contributed by atoms with Crippen LogP contribution in [0.25, 0.3) is 0 Å². The lowest BCUT2D eigenvalue weighted by Gasteiger charge is -2.18. The number of hydrogen-bond donors (Lipinski definition) is 0. The van der Waals surface area contributed by atoms with Gasteiger partial charge in [-0.15, -0.1) is 0 Å². The number of ether oxygens (including phenoxy) is 3. The predicted molar refractivity (Wildman–Crippen MR) is 362 cm³/mol. The van der Waals surface area contributed by atoms with Gasteiger partial charge < -0.3 is 14.2 Å². The summed E-state index contributed by atoms with van der Waals surface area (Å²) in [6.45, 7) is 6.38. The number of allylic oxidation sites excluding steroid dienone is 24. The smallest absolute Gasteiger partial charge is 0.306 e. The molecule has 0 aromatic rings. The first-order chi connectivity index (χ1) is 41.0. The average Bonchev–Trinajstić information content (AvgIpc) is 3.49. The Balaban J connectivity index is 4.40. The second-order valence-corrected chi connectivity index (χ2v) is 22.3. The maximum absolute atomic E-state index is 13.0. The van der Waals surface area contributed by atoms with Gasteiger partial charge in [-0.1, -0.05) is 289 Å². The Labute approximate surface area is 512 Å². The van der Waals surface area contributed by atoms with Gasteiger partial charge in [0.25, 0.3) is 0 Å². The molecule has 0 bridgehead atoms. The van der Waals surface area contributed by atoms with Crippen molar-refractivity contribution in [1.82, 2.24) is 0 Å². The van der Waals surface area contributed by atoms with Crippen molar-refractivity contribution in [2.75, 3.05) is 13.2 Å². The Bertz CT molecular complexity index is 1800. The SMILES string of the molecule is CC/C=C\C/C=C\C/C=C\C/C=C\C/C=C\C/C=C\CCCCCCCCCCC(=O)OCC(COC(=O)CCCCCCC/C=C\C/C=C\CCCCC)OC(=O)CCCCCCCCCCCC/C=C\C/C=C\C/C=C\C/C=C\CC. The third-order valence-corrected chi connectivity index (χ3v) is 14.3. The van der Waals surface area contributed by atoms with Crippen LogP contribution in [-0.4, -0.2) is 37.2 Å². The number of hydrogen-bond acceptors (Lipinski definition) is 6. The molecule has 0 aliphatic carbocycles. The van der Waals surface area contributed by atoms with E-state index in [1.807, 2.05) is 0 Å². The van der Waals surface area contributed by atoms with Crippen molar-refractivity contribution in [2.24, 2.45) is 0 Å². The zero-order chi connectivity index (χ0) is 59.9. The van der Waals surface area contributed by atoms with E-state index in [9.17, 15) is 14.4 Å². The molecule has 0 aromatic heterocycles. The Morgan fingerprint density at radius 3 is 0.735 bits per heavy atom. The minimum absolute atomic E-state index is 0.0927. The van der Waals surface area contributed by atoms with Gasteiger partial charge in [0.2, 0.25) is 0 Å². The molecule has 0 radical (unpaired) electrons. The minimum Gasteiger partial charge on any atom is -0.462 e. The molecule has 6 heteroatoms. The molecule has 0 spiro atoms. The van der Waals surface area contributed by atoms with Gasteiger partial charge in [-0.05, 0) is 141 Å². The standard InChI is InChI=1S/C77H126O6/c1-4-7-10-13-16-19-22-25-28-30-32-34-36-37-38-39-41-42-44-46-49-52-55-58-61-64-67-70-76(79)82-73-74(72-81-75(78)69-66-63-60-57-54-51-48-27-24-21-18-15-12-9-6-3)83-77(80)71-68-65-62-59-56-53-50-47-45-43-40-35-33-31-29-26-23-20-17-14-11-8-5-2/h7-8,10-11,16-21,25-29,32-35,37-38,41-42,48,74H,4-6,9,12-15,22-24,30-31,36,39-40,43-47,49-73H2,1-3H3/b10-7-,11-8-,19-16-,20-17-,21-18-,28-25-,29-26-,34-32-,35-33-,38-37-,42-41-,48-27-. The van der Waals surface area contributed by atoms with Crippen LogP contribution in [0.4, 0.5) is 0 Å². The van der Waals surface area contributed by atoms with Crippen LogP contribution in [0.3, 0.4) is 0 Å². The molecule has 0 saturated carbocycles. The van der Waals surface area contributed by atoms with E-state index >= 15 is 0 Å². The number of unbranched alkanes of at least 4 members (excludes halogenated alkanes) is 26. The molecular formula is C77H126O6. The maximum Gasteiger partial charge on any atom is 0.306 e. The molecule has 0 aromatic carbocycles. The summed E-state index contributed by atoms with van der Waals surface area (Å²) in [5.41, 5.74) is 0. The lowest BCUT2D eigenvalue weighted by molar-refractivity contribution is -0.167. The monoisotopic (exact) mass is 1150 g/mol. The summed E-state index contributed by atoms with van der Waals surface area (Å²) in [4.78, 5) is 38.5. The summed E-state index contributed by atoms with van der Waals surface area (Å²) >= 11 is 0. The molecule has 1 unspecified atom stereocenters. The van der Waals surface area contributed by atoms with Crippen LogP contribution >= 0.6 is 0 Å². The zero-order valence-corrected chi connectivity index (χ0v) is 53.9. The molecule has 0 amide bonds. The van der Waals surface area contributed by atoms with Gasteiger partial charge in [0.05, 0.1) is 0 Å². The van der Waals surface area contributed by atoms with Crippen molar-refractivity contribution in [3.05, 3.63) is 146 Å². The Morgan fingerprint density at radius 1 is 0.253 bits per heavy atom.